The summed E-state index contributed by atoms with van der Waals surface area (Å²) in [6, 6.07) is 3.11. The van der Waals surface area contributed by atoms with Gasteiger partial charge in [0.05, 0.1) is 6.61 Å². The lowest BCUT2D eigenvalue weighted by atomic mass is 10.1. The molecule has 1 aromatic rings. The third-order valence-corrected chi connectivity index (χ3v) is 2.92. The van der Waals surface area contributed by atoms with Gasteiger partial charge in [0.25, 0.3) is 12.1 Å². The molecule has 106 valence electrons. The largest absolute Gasteiger partial charge is 1.00 e. The van der Waals surface area contributed by atoms with Crippen LogP contribution in [0.2, 0.25) is 0 Å². The number of nitrogens with zero attached hydrogens (tertiary/aromatic N) is 1. The molecule has 1 aliphatic heterocycles. The molecule has 1 saturated heterocycles. The summed E-state index contributed by atoms with van der Waals surface area (Å²) in [6.45, 7) is -0.398. The maximum absolute atomic E-state index is 11.1. The number of aliphatic hydroxyl groups excluding tert-OH is 3. The fraction of sp³-hybridized carbons (Fsp3) is 0.455. The van der Waals surface area contributed by atoms with Crippen LogP contribution in [0, 0.1) is 0 Å². The van der Waals surface area contributed by atoms with Crippen molar-refractivity contribution < 1.29 is 41.8 Å². The summed E-state index contributed by atoms with van der Waals surface area (Å²) in [6.07, 6.45) is -1.08. The fourth-order valence-corrected chi connectivity index (χ4v) is 1.92. The number of aromatic nitrogens is 1. The number of aliphatic hydroxyl groups is 3. The highest BCUT2D eigenvalue weighted by molar-refractivity contribution is 5.92. The van der Waals surface area contributed by atoms with E-state index in [0.29, 0.717) is 0 Å². The van der Waals surface area contributed by atoms with E-state index < -0.39 is 37.1 Å². The van der Waals surface area contributed by atoms with Crippen LogP contribution in [0.15, 0.2) is 24.5 Å². The van der Waals surface area contributed by atoms with Gasteiger partial charge in [0, 0.05) is 6.07 Å². The summed E-state index contributed by atoms with van der Waals surface area (Å²) in [7, 11) is 0. The van der Waals surface area contributed by atoms with Gasteiger partial charge >= 0.3 is 0 Å². The van der Waals surface area contributed by atoms with E-state index in [9.17, 15) is 15.0 Å². The number of halogens is 1. The van der Waals surface area contributed by atoms with Crippen LogP contribution in [0.5, 0.6) is 0 Å². The zero-order chi connectivity index (χ0) is 13.3. The van der Waals surface area contributed by atoms with Gasteiger partial charge in [0.2, 0.25) is 0 Å². The fourth-order valence-electron chi connectivity index (χ4n) is 1.92. The van der Waals surface area contributed by atoms with E-state index in [2.05, 4.69) is 0 Å². The van der Waals surface area contributed by atoms with E-state index in [-0.39, 0.29) is 18.0 Å². The minimum absolute atomic E-state index is 0. The molecule has 0 aromatic carbocycles. The van der Waals surface area contributed by atoms with Crippen molar-refractivity contribution in [1.82, 2.24) is 0 Å². The maximum Gasteiger partial charge on any atom is 0.292 e. The average molecular weight is 291 g/mol. The van der Waals surface area contributed by atoms with Crippen LogP contribution >= 0.6 is 0 Å². The maximum atomic E-state index is 11.1. The number of amides is 1. The molecule has 1 fully saturated rings. The Morgan fingerprint density at radius 1 is 1.42 bits per heavy atom. The topological polar surface area (TPSA) is 117 Å². The number of nitrogens with two attached hydrogens (primary N) is 1. The molecule has 1 aliphatic rings. The molecule has 2 rings (SSSR count). The summed E-state index contributed by atoms with van der Waals surface area (Å²) in [4.78, 5) is 11.1. The van der Waals surface area contributed by atoms with Gasteiger partial charge < -0.3 is 38.2 Å². The zero-order valence-electron chi connectivity index (χ0n) is 9.89. The molecule has 2 heterocycles. The van der Waals surface area contributed by atoms with Crippen molar-refractivity contribution >= 4 is 5.91 Å². The molecule has 19 heavy (non-hydrogen) atoms. The summed E-state index contributed by atoms with van der Waals surface area (Å²) in [5.74, 6) is -0.601. The van der Waals surface area contributed by atoms with Crippen molar-refractivity contribution in [3.63, 3.8) is 0 Å². The van der Waals surface area contributed by atoms with Gasteiger partial charge in [0.15, 0.2) is 18.5 Å². The zero-order valence-corrected chi connectivity index (χ0v) is 10.6. The van der Waals surface area contributed by atoms with Crippen LogP contribution in [-0.4, -0.2) is 46.1 Å². The first kappa shape index (κ1) is 15.8. The number of carbonyl (C=O) groups is 1. The number of ether oxygens (including phenoxy) is 1. The molecule has 1 aromatic heterocycles. The SMILES string of the molecule is NC(=O)c1ccc[n+]([C@@H]2O[C@@H](CO)[C@@H](O)[C@@H]2O)c1.[Cl-]. The van der Waals surface area contributed by atoms with Gasteiger partial charge in [-0.1, -0.05) is 0 Å². The third-order valence-electron chi connectivity index (χ3n) is 2.92. The van der Waals surface area contributed by atoms with Gasteiger partial charge in [-0.3, -0.25) is 4.79 Å². The molecule has 5 N–H and O–H groups in total. The lowest BCUT2D eigenvalue weighted by Crippen LogP contribution is -3.00. The third kappa shape index (κ3) is 3.02. The van der Waals surface area contributed by atoms with Crippen molar-refractivity contribution in [3.8, 4) is 0 Å². The molecule has 0 spiro atoms. The second-order valence-corrected chi connectivity index (χ2v) is 4.13. The number of rotatable bonds is 3. The minimum atomic E-state index is -1.18. The number of primary amides is 1. The number of carbonyl (C=O) groups excluding carboxylic acids is 1. The van der Waals surface area contributed by atoms with E-state index >= 15 is 0 Å². The lowest BCUT2D eigenvalue weighted by Gasteiger charge is -2.09. The highest BCUT2D eigenvalue weighted by Gasteiger charge is 2.47. The molecule has 0 radical (unpaired) electrons. The van der Waals surface area contributed by atoms with Gasteiger partial charge in [0.1, 0.15) is 17.8 Å². The number of hydrogen-bond donors (Lipinski definition) is 4. The Labute approximate surface area is 115 Å². The summed E-state index contributed by atoms with van der Waals surface area (Å²) in [5, 5.41) is 28.4. The van der Waals surface area contributed by atoms with Crippen LogP contribution in [0.4, 0.5) is 0 Å². The highest BCUT2D eigenvalue weighted by Crippen LogP contribution is 2.24. The molecule has 4 atom stereocenters. The van der Waals surface area contributed by atoms with Crippen LogP contribution in [-0.2, 0) is 4.74 Å². The van der Waals surface area contributed by atoms with Crippen LogP contribution in [0.25, 0.3) is 0 Å². The number of pyridine rings is 1. The minimum Gasteiger partial charge on any atom is -1.00 e. The smallest absolute Gasteiger partial charge is 0.292 e. The number of hydrogen-bond acceptors (Lipinski definition) is 5. The Morgan fingerprint density at radius 2 is 2.11 bits per heavy atom. The standard InChI is InChI=1S/C11H14N2O5.ClH/c12-10(17)6-2-1-3-13(4-6)11-9(16)8(15)7(5-14)18-11;/h1-4,7-9,11,14-16H,5H2,(H-,12,17);1H/t7-,8+,9-,11+;/m0./s1. The van der Waals surface area contributed by atoms with Crippen LogP contribution in [0.3, 0.4) is 0 Å². The Hall–Kier alpha value is -1.25. The summed E-state index contributed by atoms with van der Waals surface area (Å²) >= 11 is 0. The van der Waals surface area contributed by atoms with E-state index in [1.54, 1.807) is 12.3 Å². The molecule has 0 aliphatic carbocycles. The monoisotopic (exact) mass is 290 g/mol. The second kappa shape index (κ2) is 6.27. The van der Waals surface area contributed by atoms with Gasteiger partial charge in [-0.05, 0) is 6.07 Å². The lowest BCUT2D eigenvalue weighted by molar-refractivity contribution is -0.765. The van der Waals surface area contributed by atoms with Crippen molar-refractivity contribution in [2.75, 3.05) is 6.61 Å². The predicted octanol–water partition coefficient (Wildman–Crippen LogP) is -5.31. The molecular weight excluding hydrogens is 276 g/mol. The Morgan fingerprint density at radius 3 is 2.63 bits per heavy atom. The van der Waals surface area contributed by atoms with Crippen molar-refractivity contribution in [2.24, 2.45) is 5.73 Å². The van der Waals surface area contributed by atoms with E-state index in [1.165, 1.54) is 16.8 Å². The predicted molar refractivity (Wildman–Crippen MR) is 58.2 cm³/mol. The molecule has 1 amide bonds. The summed E-state index contributed by atoms with van der Waals surface area (Å²) < 4.78 is 6.75. The summed E-state index contributed by atoms with van der Waals surface area (Å²) in [5.41, 5.74) is 5.41. The van der Waals surface area contributed by atoms with Crippen molar-refractivity contribution in [2.45, 2.75) is 24.5 Å². The van der Waals surface area contributed by atoms with E-state index in [0.717, 1.165) is 0 Å². The highest BCUT2D eigenvalue weighted by atomic mass is 35.5. The molecule has 0 saturated carbocycles. The molecule has 0 unspecified atom stereocenters. The Balaban J connectivity index is 0.00000180. The van der Waals surface area contributed by atoms with E-state index in [1.807, 2.05) is 0 Å². The molecular formula is C11H15ClN2O5. The Kier molecular flexibility index (Phi) is 5.21. The van der Waals surface area contributed by atoms with Gasteiger partial charge in [-0.2, -0.15) is 4.57 Å². The van der Waals surface area contributed by atoms with Gasteiger partial charge in [-0.25, -0.2) is 0 Å². The molecule has 8 heteroatoms. The Bertz CT molecular complexity index is 458. The first-order valence-corrected chi connectivity index (χ1v) is 5.47. The molecule has 0 bridgehead atoms. The normalized spacial score (nSPS) is 29.8. The van der Waals surface area contributed by atoms with E-state index in [4.69, 9.17) is 15.6 Å². The van der Waals surface area contributed by atoms with Crippen molar-refractivity contribution in [1.29, 1.82) is 0 Å². The van der Waals surface area contributed by atoms with Crippen LogP contribution in [0.1, 0.15) is 16.6 Å². The average Bonchev–Trinajstić information content (AvgIpc) is 2.66. The quantitative estimate of drug-likeness (QED) is 0.415. The first-order valence-electron chi connectivity index (χ1n) is 5.47. The first-order chi connectivity index (χ1) is 8.54. The van der Waals surface area contributed by atoms with Crippen molar-refractivity contribution in [3.05, 3.63) is 30.1 Å². The molecule has 7 nitrogen and oxygen atoms in total. The van der Waals surface area contributed by atoms with Gasteiger partial charge in [-0.15, -0.1) is 0 Å². The van der Waals surface area contributed by atoms with Crippen LogP contribution < -0.4 is 22.7 Å². The second-order valence-electron chi connectivity index (χ2n) is 4.13.